The molecule has 0 radical (unpaired) electrons. The van der Waals surface area contributed by atoms with Crippen LogP contribution in [-0.4, -0.2) is 26.6 Å². The van der Waals surface area contributed by atoms with Gasteiger partial charge in [0.05, 0.1) is 17.9 Å². The smallest absolute Gasteiger partial charge is 0.408 e. The number of rotatable bonds is 7. The van der Waals surface area contributed by atoms with Crippen LogP contribution in [0, 0.1) is 0 Å². The molecule has 0 fully saturated rings. The van der Waals surface area contributed by atoms with Crippen LogP contribution in [0.2, 0.25) is 0 Å². The van der Waals surface area contributed by atoms with Gasteiger partial charge in [-0.05, 0) is 57.0 Å². The Morgan fingerprint density at radius 2 is 1.88 bits per heavy atom. The van der Waals surface area contributed by atoms with E-state index in [1.165, 1.54) is 0 Å². The van der Waals surface area contributed by atoms with Crippen LogP contribution in [0.4, 0.5) is 10.5 Å². The van der Waals surface area contributed by atoms with Crippen LogP contribution in [0.1, 0.15) is 45.1 Å². The van der Waals surface area contributed by atoms with Crippen LogP contribution in [0.25, 0.3) is 22.2 Å². The summed E-state index contributed by atoms with van der Waals surface area (Å²) in [5.41, 5.74) is 5.26. The van der Waals surface area contributed by atoms with E-state index in [-0.39, 0.29) is 0 Å². The summed E-state index contributed by atoms with van der Waals surface area (Å²) in [7, 11) is 0. The van der Waals surface area contributed by atoms with Crippen molar-refractivity contribution in [2.75, 3.05) is 5.32 Å². The molecule has 7 heteroatoms. The van der Waals surface area contributed by atoms with E-state index in [9.17, 15) is 4.79 Å². The molecular formula is C27H31N5O2. The third kappa shape index (κ3) is 5.67. The summed E-state index contributed by atoms with van der Waals surface area (Å²) in [6, 6.07) is 15.7. The number of nitrogens with one attached hydrogen (secondary N) is 4. The van der Waals surface area contributed by atoms with E-state index in [0.717, 1.165) is 39.1 Å². The summed E-state index contributed by atoms with van der Waals surface area (Å²) >= 11 is 0. The molecule has 1 unspecified atom stereocenters. The van der Waals surface area contributed by atoms with Gasteiger partial charge in [-0.1, -0.05) is 36.9 Å². The Kier molecular flexibility index (Phi) is 6.45. The van der Waals surface area contributed by atoms with E-state index >= 15 is 0 Å². The molecule has 1 atom stereocenters. The second-order valence-corrected chi connectivity index (χ2v) is 9.43. The molecule has 0 bridgehead atoms. The Labute approximate surface area is 199 Å². The van der Waals surface area contributed by atoms with Crippen molar-refractivity contribution in [3.05, 3.63) is 84.6 Å². The van der Waals surface area contributed by atoms with Gasteiger partial charge in [-0.3, -0.25) is 0 Å². The van der Waals surface area contributed by atoms with Gasteiger partial charge in [0.25, 0.3) is 0 Å². The van der Waals surface area contributed by atoms with Crippen molar-refractivity contribution >= 4 is 22.7 Å². The highest BCUT2D eigenvalue weighted by atomic mass is 16.6. The van der Waals surface area contributed by atoms with Crippen molar-refractivity contribution in [3.63, 3.8) is 0 Å². The van der Waals surface area contributed by atoms with Crippen molar-refractivity contribution in [2.24, 2.45) is 0 Å². The number of ether oxygens (including phenoxy) is 1. The zero-order chi connectivity index (χ0) is 24.3. The summed E-state index contributed by atoms with van der Waals surface area (Å²) in [6.45, 7) is 11.3. The molecule has 2 heterocycles. The summed E-state index contributed by atoms with van der Waals surface area (Å²) in [4.78, 5) is 23.9. The number of hydrogen-bond donors (Lipinski definition) is 4. The first-order chi connectivity index (χ1) is 16.2. The Morgan fingerprint density at radius 1 is 1.15 bits per heavy atom. The van der Waals surface area contributed by atoms with Crippen LogP contribution < -0.4 is 10.6 Å². The lowest BCUT2D eigenvalue weighted by Crippen LogP contribution is -2.36. The summed E-state index contributed by atoms with van der Waals surface area (Å²) < 4.78 is 5.52. The molecule has 4 rings (SSSR count). The molecule has 0 saturated carbocycles. The third-order valence-corrected chi connectivity index (χ3v) is 5.27. The van der Waals surface area contributed by atoms with Gasteiger partial charge in [-0.25, -0.2) is 9.78 Å². The average Bonchev–Trinajstić information content (AvgIpc) is 3.40. The number of para-hydroxylation sites is 1. The minimum atomic E-state index is -0.594. The fourth-order valence-corrected chi connectivity index (χ4v) is 3.83. The topological polar surface area (TPSA) is 94.8 Å². The number of nitrogens with zero attached hydrogens (tertiary/aromatic N) is 1. The first-order valence-electron chi connectivity index (χ1n) is 11.3. The third-order valence-electron chi connectivity index (χ3n) is 5.27. The Balaban J connectivity index is 1.60. The lowest BCUT2D eigenvalue weighted by atomic mass is 10.0. The van der Waals surface area contributed by atoms with Gasteiger partial charge >= 0.3 is 6.09 Å². The lowest BCUT2D eigenvalue weighted by Gasteiger charge is -2.23. The minimum absolute atomic E-state index is 0.396. The zero-order valence-corrected chi connectivity index (χ0v) is 20.0. The SMILES string of the molecule is C=C(C)Nc1ccc(-c2cnc(C(Cc3c[nH]c4ccccc34)NC(=O)OC(C)(C)C)[nH]2)cc1. The number of anilines is 1. The average molecular weight is 458 g/mol. The minimum Gasteiger partial charge on any atom is -0.444 e. The van der Waals surface area contributed by atoms with Crippen molar-refractivity contribution in [1.29, 1.82) is 0 Å². The van der Waals surface area contributed by atoms with Crippen molar-refractivity contribution in [1.82, 2.24) is 20.3 Å². The summed E-state index contributed by atoms with van der Waals surface area (Å²) in [5, 5.41) is 7.32. The molecule has 34 heavy (non-hydrogen) atoms. The first-order valence-corrected chi connectivity index (χ1v) is 11.3. The van der Waals surface area contributed by atoms with Gasteiger partial charge in [0.2, 0.25) is 0 Å². The predicted octanol–water partition coefficient (Wildman–Crippen LogP) is 6.31. The number of amides is 1. The van der Waals surface area contributed by atoms with E-state index in [1.54, 1.807) is 6.20 Å². The molecule has 0 aliphatic carbocycles. The lowest BCUT2D eigenvalue weighted by molar-refractivity contribution is 0.0501. The molecule has 176 valence electrons. The fourth-order valence-electron chi connectivity index (χ4n) is 3.83. The number of aromatic amines is 2. The highest BCUT2D eigenvalue weighted by Gasteiger charge is 2.24. The van der Waals surface area contributed by atoms with Gasteiger partial charge in [-0.15, -0.1) is 0 Å². The Morgan fingerprint density at radius 3 is 2.59 bits per heavy atom. The molecule has 4 N–H and O–H groups in total. The van der Waals surface area contributed by atoms with Crippen LogP contribution in [0.3, 0.4) is 0 Å². The number of allylic oxidation sites excluding steroid dienone is 1. The first kappa shape index (κ1) is 23.2. The fraction of sp³-hybridized carbons (Fsp3) is 0.259. The van der Waals surface area contributed by atoms with Crippen LogP contribution in [0.5, 0.6) is 0 Å². The Bertz CT molecular complexity index is 1290. The molecule has 2 aromatic carbocycles. The second-order valence-electron chi connectivity index (χ2n) is 9.43. The molecule has 0 spiro atoms. The number of H-pyrrole nitrogens is 2. The number of alkyl carbamates (subject to hydrolysis) is 1. The monoisotopic (exact) mass is 457 g/mol. The standard InChI is InChI=1S/C27H31N5O2/c1-17(2)30-20-12-10-18(11-13-20)24-16-29-25(31-24)23(32-26(33)34-27(3,4)5)14-19-15-28-22-9-7-6-8-21(19)22/h6-13,15-16,23,28,30H,1,14H2,2-5H3,(H,29,31)(H,32,33). The highest BCUT2D eigenvalue weighted by molar-refractivity contribution is 5.83. The number of fused-ring (bicyclic) bond motifs is 1. The number of carbonyl (C=O) groups is 1. The molecule has 2 aromatic heterocycles. The highest BCUT2D eigenvalue weighted by Crippen LogP contribution is 2.26. The Hall–Kier alpha value is -4.00. The number of benzene rings is 2. The number of aromatic nitrogens is 3. The molecule has 4 aromatic rings. The zero-order valence-electron chi connectivity index (χ0n) is 20.0. The van der Waals surface area contributed by atoms with E-state index in [4.69, 9.17) is 4.74 Å². The number of carbonyl (C=O) groups excluding carboxylic acids is 1. The van der Waals surface area contributed by atoms with Crippen molar-refractivity contribution in [2.45, 2.75) is 45.8 Å². The molecule has 0 saturated heterocycles. The van der Waals surface area contributed by atoms with E-state index in [0.29, 0.717) is 12.2 Å². The van der Waals surface area contributed by atoms with Gasteiger partial charge in [0, 0.05) is 34.9 Å². The summed E-state index contributed by atoms with van der Waals surface area (Å²) in [5.74, 6) is 0.662. The van der Waals surface area contributed by atoms with Gasteiger partial charge < -0.3 is 25.3 Å². The van der Waals surface area contributed by atoms with E-state index in [1.807, 2.05) is 76.4 Å². The van der Waals surface area contributed by atoms with Crippen LogP contribution in [-0.2, 0) is 11.2 Å². The van der Waals surface area contributed by atoms with Crippen molar-refractivity contribution < 1.29 is 9.53 Å². The maximum atomic E-state index is 12.6. The normalized spacial score (nSPS) is 12.4. The second kappa shape index (κ2) is 9.47. The maximum absolute atomic E-state index is 12.6. The largest absolute Gasteiger partial charge is 0.444 e. The van der Waals surface area contributed by atoms with Crippen LogP contribution in [0.15, 0.2) is 73.2 Å². The van der Waals surface area contributed by atoms with E-state index < -0.39 is 17.7 Å². The molecule has 0 aliphatic rings. The molecule has 7 nitrogen and oxygen atoms in total. The number of hydrogen-bond acceptors (Lipinski definition) is 4. The number of imidazole rings is 1. The van der Waals surface area contributed by atoms with Crippen LogP contribution >= 0.6 is 0 Å². The molecule has 1 amide bonds. The summed E-state index contributed by atoms with van der Waals surface area (Å²) in [6.07, 6.45) is 3.84. The van der Waals surface area contributed by atoms with Gasteiger partial charge in [-0.2, -0.15) is 0 Å². The van der Waals surface area contributed by atoms with Gasteiger partial charge in [0.15, 0.2) is 0 Å². The van der Waals surface area contributed by atoms with Crippen molar-refractivity contribution in [3.8, 4) is 11.3 Å². The predicted molar refractivity (Wildman–Crippen MR) is 137 cm³/mol. The maximum Gasteiger partial charge on any atom is 0.408 e. The molecule has 0 aliphatic heterocycles. The van der Waals surface area contributed by atoms with E-state index in [2.05, 4.69) is 38.2 Å². The van der Waals surface area contributed by atoms with Gasteiger partial charge in [0.1, 0.15) is 11.4 Å². The quantitative estimate of drug-likeness (QED) is 0.261. The molecular weight excluding hydrogens is 426 g/mol.